The van der Waals surface area contributed by atoms with Crippen molar-refractivity contribution in [2.45, 2.75) is 32.9 Å². The number of likely N-dealkylation sites (N-methyl/N-ethyl adjacent to an activating group) is 1. The molecular weight excluding hydrogens is 442 g/mol. The molecule has 8 heteroatoms. The van der Waals surface area contributed by atoms with E-state index in [0.29, 0.717) is 32.2 Å². The number of benzene rings is 2. The predicted octanol–water partition coefficient (Wildman–Crippen LogP) is 5.40. The zero-order valence-electron chi connectivity index (χ0n) is 15.4. The highest BCUT2D eigenvalue weighted by molar-refractivity contribution is 6.42. The Morgan fingerprint density at radius 2 is 1.64 bits per heavy atom. The van der Waals surface area contributed by atoms with E-state index >= 15 is 0 Å². The zero-order valence-corrected chi connectivity index (χ0v) is 18.5. The molecule has 2 aromatic carbocycles. The van der Waals surface area contributed by atoms with Crippen LogP contribution in [0.4, 0.5) is 0 Å². The van der Waals surface area contributed by atoms with Crippen LogP contribution < -0.4 is 5.32 Å². The van der Waals surface area contributed by atoms with Gasteiger partial charge in [0.05, 0.1) is 16.5 Å². The van der Waals surface area contributed by atoms with Crippen molar-refractivity contribution < 1.29 is 9.59 Å². The minimum atomic E-state index is -0.692. The lowest BCUT2D eigenvalue weighted by Crippen LogP contribution is -2.48. The number of nitrogens with one attached hydrogen (secondary N) is 1. The Bertz CT molecular complexity index is 853. The van der Waals surface area contributed by atoms with Crippen LogP contribution in [0.5, 0.6) is 0 Å². The summed E-state index contributed by atoms with van der Waals surface area (Å²) in [6.45, 7) is 4.15. The number of rotatable bonds is 7. The number of nitrogens with zero attached hydrogens (tertiary/aromatic N) is 1. The lowest BCUT2D eigenvalue weighted by Gasteiger charge is -2.29. The van der Waals surface area contributed by atoms with E-state index in [2.05, 4.69) is 5.32 Å². The molecule has 0 aliphatic heterocycles. The molecule has 0 aliphatic rings. The van der Waals surface area contributed by atoms with E-state index < -0.39 is 6.04 Å². The van der Waals surface area contributed by atoms with Crippen molar-refractivity contribution in [2.75, 3.05) is 6.54 Å². The minimum Gasteiger partial charge on any atom is -0.355 e. The Morgan fingerprint density at radius 3 is 2.21 bits per heavy atom. The van der Waals surface area contributed by atoms with Crippen molar-refractivity contribution in [3.05, 3.63) is 67.6 Å². The second kappa shape index (κ2) is 10.4. The van der Waals surface area contributed by atoms with E-state index in [4.69, 9.17) is 46.4 Å². The van der Waals surface area contributed by atoms with Crippen LogP contribution in [0.15, 0.2) is 36.4 Å². The minimum absolute atomic E-state index is 0.0242. The van der Waals surface area contributed by atoms with Crippen molar-refractivity contribution in [2.24, 2.45) is 0 Å². The molecular formula is C20H20Cl4N2O2. The Labute approximate surface area is 184 Å². The van der Waals surface area contributed by atoms with Gasteiger partial charge in [-0.05, 0) is 49.2 Å². The first-order valence-electron chi connectivity index (χ1n) is 8.68. The van der Waals surface area contributed by atoms with Gasteiger partial charge in [-0.15, -0.1) is 0 Å². The summed E-state index contributed by atoms with van der Waals surface area (Å²) in [4.78, 5) is 27.0. The molecule has 0 aliphatic carbocycles. The molecule has 2 rings (SSSR count). The van der Waals surface area contributed by atoms with Crippen molar-refractivity contribution in [1.29, 1.82) is 0 Å². The molecule has 0 saturated carbocycles. The van der Waals surface area contributed by atoms with Crippen LogP contribution in [0.2, 0.25) is 20.1 Å². The molecule has 0 heterocycles. The van der Waals surface area contributed by atoms with E-state index in [1.54, 1.807) is 43.3 Å². The molecule has 2 aromatic rings. The van der Waals surface area contributed by atoms with Crippen LogP contribution in [0.25, 0.3) is 0 Å². The molecule has 4 nitrogen and oxygen atoms in total. The Balaban J connectivity index is 2.32. The summed E-state index contributed by atoms with van der Waals surface area (Å²) >= 11 is 24.5. The highest BCUT2D eigenvalue weighted by Crippen LogP contribution is 2.27. The number of carbonyl (C=O) groups is 2. The fourth-order valence-corrected chi connectivity index (χ4v) is 3.55. The maximum atomic E-state index is 13.1. The SMILES string of the molecule is CCNC(=O)[C@H](C)N(Cc1ccc(Cl)c(Cl)c1)C(=O)Cc1c(Cl)cccc1Cl. The number of halogens is 4. The van der Waals surface area contributed by atoms with Gasteiger partial charge in [-0.3, -0.25) is 9.59 Å². The molecule has 0 fully saturated rings. The summed E-state index contributed by atoms with van der Waals surface area (Å²) in [6.07, 6.45) is -0.0242. The average Bonchev–Trinajstić information content (AvgIpc) is 2.65. The fraction of sp³-hybridized carbons (Fsp3) is 0.300. The van der Waals surface area contributed by atoms with Crippen molar-refractivity contribution in [1.82, 2.24) is 10.2 Å². The lowest BCUT2D eigenvalue weighted by atomic mass is 10.1. The van der Waals surface area contributed by atoms with Crippen LogP contribution in [-0.2, 0) is 22.6 Å². The predicted molar refractivity (Wildman–Crippen MR) is 115 cm³/mol. The first-order valence-corrected chi connectivity index (χ1v) is 10.2. The van der Waals surface area contributed by atoms with Gasteiger partial charge in [-0.1, -0.05) is 58.5 Å². The van der Waals surface area contributed by atoms with Crippen LogP contribution in [-0.4, -0.2) is 29.3 Å². The molecule has 0 saturated heterocycles. The normalized spacial score (nSPS) is 11.8. The first-order chi connectivity index (χ1) is 13.2. The van der Waals surface area contributed by atoms with Gasteiger partial charge in [-0.2, -0.15) is 0 Å². The lowest BCUT2D eigenvalue weighted by molar-refractivity contribution is -0.140. The molecule has 2 amide bonds. The van der Waals surface area contributed by atoms with Crippen molar-refractivity contribution in [3.63, 3.8) is 0 Å². The third kappa shape index (κ3) is 5.77. The van der Waals surface area contributed by atoms with E-state index in [0.717, 1.165) is 5.56 Å². The summed E-state index contributed by atoms with van der Waals surface area (Å²) in [5.41, 5.74) is 1.28. The quantitative estimate of drug-likeness (QED) is 0.600. The maximum absolute atomic E-state index is 13.1. The van der Waals surface area contributed by atoms with Gasteiger partial charge in [0.25, 0.3) is 0 Å². The van der Waals surface area contributed by atoms with Crippen molar-refractivity contribution in [3.8, 4) is 0 Å². The van der Waals surface area contributed by atoms with Crippen LogP contribution in [0.1, 0.15) is 25.0 Å². The summed E-state index contributed by atoms with van der Waals surface area (Å²) in [5, 5.41) is 4.35. The Morgan fingerprint density at radius 1 is 1.00 bits per heavy atom. The molecule has 150 valence electrons. The van der Waals surface area contributed by atoms with E-state index in [9.17, 15) is 9.59 Å². The monoisotopic (exact) mass is 460 g/mol. The number of amides is 2. The molecule has 1 N–H and O–H groups in total. The van der Waals surface area contributed by atoms with Crippen LogP contribution in [0.3, 0.4) is 0 Å². The third-order valence-electron chi connectivity index (χ3n) is 4.24. The summed E-state index contributed by atoms with van der Waals surface area (Å²) in [5.74, 6) is -0.527. The van der Waals surface area contributed by atoms with E-state index in [1.165, 1.54) is 4.90 Å². The number of hydrogen-bond acceptors (Lipinski definition) is 2. The number of carbonyl (C=O) groups excluding carboxylic acids is 2. The van der Waals surface area contributed by atoms with Crippen LogP contribution >= 0.6 is 46.4 Å². The highest BCUT2D eigenvalue weighted by atomic mass is 35.5. The van der Waals surface area contributed by atoms with Gasteiger partial charge in [0.15, 0.2) is 0 Å². The summed E-state index contributed by atoms with van der Waals surface area (Å²) in [6, 6.07) is 9.47. The van der Waals surface area contributed by atoms with Gasteiger partial charge < -0.3 is 10.2 Å². The van der Waals surface area contributed by atoms with Gasteiger partial charge >= 0.3 is 0 Å². The molecule has 1 atom stereocenters. The van der Waals surface area contributed by atoms with E-state index in [-0.39, 0.29) is 24.8 Å². The first kappa shape index (κ1) is 22.8. The topological polar surface area (TPSA) is 49.4 Å². The van der Waals surface area contributed by atoms with Gasteiger partial charge in [0.2, 0.25) is 11.8 Å². The van der Waals surface area contributed by atoms with Crippen LogP contribution in [0, 0.1) is 0 Å². The molecule has 0 spiro atoms. The van der Waals surface area contributed by atoms with Gasteiger partial charge in [0.1, 0.15) is 6.04 Å². The molecule has 0 unspecified atom stereocenters. The second-order valence-electron chi connectivity index (χ2n) is 6.22. The van der Waals surface area contributed by atoms with Gasteiger partial charge in [0, 0.05) is 23.1 Å². The number of hydrogen-bond donors (Lipinski definition) is 1. The molecule has 0 radical (unpaired) electrons. The van der Waals surface area contributed by atoms with Crippen molar-refractivity contribution >= 4 is 58.2 Å². The maximum Gasteiger partial charge on any atom is 0.242 e. The van der Waals surface area contributed by atoms with E-state index in [1.807, 2.05) is 6.92 Å². The Hall–Kier alpha value is -1.46. The highest BCUT2D eigenvalue weighted by Gasteiger charge is 2.27. The van der Waals surface area contributed by atoms with Gasteiger partial charge in [-0.25, -0.2) is 0 Å². The molecule has 28 heavy (non-hydrogen) atoms. The third-order valence-corrected chi connectivity index (χ3v) is 5.69. The average molecular weight is 462 g/mol. The molecule has 0 bridgehead atoms. The molecule has 0 aromatic heterocycles. The second-order valence-corrected chi connectivity index (χ2v) is 7.85. The largest absolute Gasteiger partial charge is 0.355 e. The Kier molecular flexibility index (Phi) is 8.44. The smallest absolute Gasteiger partial charge is 0.242 e. The fourth-order valence-electron chi connectivity index (χ4n) is 2.69. The standard InChI is InChI=1S/C20H20Cl4N2O2/c1-3-25-20(28)12(2)26(11-13-7-8-17(23)18(24)9-13)19(27)10-14-15(21)5-4-6-16(14)22/h4-9,12H,3,10-11H2,1-2H3,(H,25,28)/t12-/m0/s1. The zero-order chi connectivity index (χ0) is 20.8. The summed E-state index contributed by atoms with van der Waals surface area (Å²) < 4.78 is 0. The summed E-state index contributed by atoms with van der Waals surface area (Å²) in [7, 11) is 0.